The maximum atomic E-state index is 11.2. The highest BCUT2D eigenvalue weighted by molar-refractivity contribution is 9.08. The van der Waals surface area contributed by atoms with Crippen LogP contribution in [0.4, 0.5) is 5.69 Å². The van der Waals surface area contributed by atoms with Gasteiger partial charge in [0.1, 0.15) is 0 Å². The molecule has 0 aliphatic heterocycles. The molecule has 3 atom stereocenters. The van der Waals surface area contributed by atoms with Crippen LogP contribution in [0.25, 0.3) is 0 Å². The normalized spacial score (nSPS) is 26.2. The Balaban J connectivity index is 2.14. The number of ether oxygens (including phenoxy) is 1. The quantitative estimate of drug-likeness (QED) is 0.453. The van der Waals surface area contributed by atoms with Crippen molar-refractivity contribution in [2.75, 3.05) is 0 Å². The summed E-state index contributed by atoms with van der Waals surface area (Å²) in [5.74, 6) is 1.71. The van der Waals surface area contributed by atoms with Crippen molar-refractivity contribution in [3.63, 3.8) is 0 Å². The van der Waals surface area contributed by atoms with Crippen LogP contribution >= 0.6 is 15.9 Å². The third kappa shape index (κ3) is 3.51. The summed E-state index contributed by atoms with van der Waals surface area (Å²) in [5, 5.41) is 11.8. The third-order valence-corrected chi connectivity index (χ3v) is 4.87. The minimum absolute atomic E-state index is 0.0632. The molecule has 1 aliphatic rings. The molecule has 0 bridgehead atoms. The number of nitro benzene ring substituents is 1. The predicted octanol–water partition coefficient (Wildman–Crippen LogP) is 4.69. The van der Waals surface area contributed by atoms with E-state index in [0.717, 1.165) is 24.8 Å². The van der Waals surface area contributed by atoms with E-state index in [9.17, 15) is 10.1 Å². The van der Waals surface area contributed by atoms with Crippen LogP contribution < -0.4 is 4.74 Å². The fraction of sp³-hybridized carbons (Fsp3) is 0.600. The van der Waals surface area contributed by atoms with Gasteiger partial charge in [-0.1, -0.05) is 35.8 Å². The van der Waals surface area contributed by atoms with Gasteiger partial charge in [-0.15, -0.1) is 0 Å². The Bertz CT molecular complexity index is 492. The molecule has 0 amide bonds. The zero-order valence-corrected chi connectivity index (χ0v) is 13.4. The minimum atomic E-state index is -0.365. The molecular formula is C15H20BrNO3. The van der Waals surface area contributed by atoms with E-state index in [0.29, 0.717) is 22.9 Å². The first kappa shape index (κ1) is 15.3. The van der Waals surface area contributed by atoms with Crippen LogP contribution in [0.1, 0.15) is 38.7 Å². The Morgan fingerprint density at radius 3 is 2.70 bits per heavy atom. The maximum Gasteiger partial charge on any atom is 0.311 e. The number of hydrogen-bond acceptors (Lipinski definition) is 3. The van der Waals surface area contributed by atoms with Gasteiger partial charge in [0.15, 0.2) is 5.75 Å². The summed E-state index contributed by atoms with van der Waals surface area (Å²) in [6, 6.07) is 5.17. The Morgan fingerprint density at radius 2 is 2.10 bits per heavy atom. The number of nitro groups is 1. The Morgan fingerprint density at radius 1 is 1.35 bits per heavy atom. The smallest absolute Gasteiger partial charge is 0.311 e. The van der Waals surface area contributed by atoms with Gasteiger partial charge in [0.25, 0.3) is 0 Å². The minimum Gasteiger partial charge on any atom is -0.483 e. The van der Waals surface area contributed by atoms with Crippen molar-refractivity contribution in [3.05, 3.63) is 33.9 Å². The summed E-state index contributed by atoms with van der Waals surface area (Å²) in [6.45, 7) is 4.48. The SMILES string of the molecule is CC1CCC(Oc2ccc(CBr)cc2[N+](=O)[O-])CC1C. The summed E-state index contributed by atoms with van der Waals surface area (Å²) < 4.78 is 5.91. The number of halogens is 1. The average molecular weight is 342 g/mol. The molecular weight excluding hydrogens is 322 g/mol. The second-order valence-corrected chi connectivity index (χ2v) is 6.26. The summed E-state index contributed by atoms with van der Waals surface area (Å²) in [7, 11) is 0. The second kappa shape index (κ2) is 6.57. The molecule has 3 unspecified atom stereocenters. The Labute approximate surface area is 127 Å². The average Bonchev–Trinajstić information content (AvgIpc) is 2.43. The van der Waals surface area contributed by atoms with Crippen molar-refractivity contribution in [1.82, 2.24) is 0 Å². The molecule has 20 heavy (non-hydrogen) atoms. The molecule has 0 N–H and O–H groups in total. The molecule has 2 rings (SSSR count). The summed E-state index contributed by atoms with van der Waals surface area (Å²) in [4.78, 5) is 10.8. The van der Waals surface area contributed by atoms with E-state index >= 15 is 0 Å². The monoisotopic (exact) mass is 341 g/mol. The Kier molecular flexibility index (Phi) is 5.02. The van der Waals surface area contributed by atoms with E-state index in [-0.39, 0.29) is 16.7 Å². The lowest BCUT2D eigenvalue weighted by Gasteiger charge is -2.32. The lowest BCUT2D eigenvalue weighted by Crippen LogP contribution is -2.28. The van der Waals surface area contributed by atoms with Crippen LogP contribution in [0.5, 0.6) is 5.75 Å². The molecule has 0 aromatic heterocycles. The molecule has 0 saturated heterocycles. The van der Waals surface area contributed by atoms with Gasteiger partial charge in [-0.3, -0.25) is 10.1 Å². The lowest BCUT2D eigenvalue weighted by molar-refractivity contribution is -0.386. The molecule has 1 fully saturated rings. The van der Waals surface area contributed by atoms with Crippen LogP contribution in [0, 0.1) is 22.0 Å². The van der Waals surface area contributed by atoms with Crippen LogP contribution in [-0.2, 0) is 5.33 Å². The first-order valence-corrected chi connectivity index (χ1v) is 8.13. The molecule has 0 radical (unpaired) electrons. The van der Waals surface area contributed by atoms with Crippen molar-refractivity contribution >= 4 is 21.6 Å². The fourth-order valence-corrected chi connectivity index (χ4v) is 3.02. The Hall–Kier alpha value is -1.10. The van der Waals surface area contributed by atoms with Gasteiger partial charge in [-0.05, 0) is 42.7 Å². The zero-order valence-electron chi connectivity index (χ0n) is 11.8. The third-order valence-electron chi connectivity index (χ3n) is 4.22. The highest BCUT2D eigenvalue weighted by Gasteiger charge is 2.27. The number of alkyl halides is 1. The predicted molar refractivity (Wildman–Crippen MR) is 82.3 cm³/mol. The first-order chi connectivity index (χ1) is 9.51. The van der Waals surface area contributed by atoms with Gasteiger partial charge < -0.3 is 4.74 Å². The largest absolute Gasteiger partial charge is 0.483 e. The van der Waals surface area contributed by atoms with Crippen molar-refractivity contribution in [2.45, 2.75) is 44.5 Å². The van der Waals surface area contributed by atoms with E-state index in [1.54, 1.807) is 12.1 Å². The van der Waals surface area contributed by atoms with Crippen molar-refractivity contribution in [1.29, 1.82) is 0 Å². The van der Waals surface area contributed by atoms with Crippen molar-refractivity contribution in [2.24, 2.45) is 11.8 Å². The standard InChI is InChI=1S/C15H20BrNO3/c1-10-3-5-13(7-11(10)2)20-15-6-4-12(9-16)8-14(15)17(18)19/h4,6,8,10-11,13H,3,5,7,9H2,1-2H3. The highest BCUT2D eigenvalue weighted by atomic mass is 79.9. The number of benzene rings is 1. The highest BCUT2D eigenvalue weighted by Crippen LogP contribution is 2.35. The topological polar surface area (TPSA) is 52.4 Å². The lowest BCUT2D eigenvalue weighted by atomic mass is 9.80. The molecule has 0 spiro atoms. The van der Waals surface area contributed by atoms with Gasteiger partial charge in [0, 0.05) is 11.4 Å². The van der Waals surface area contributed by atoms with E-state index < -0.39 is 0 Å². The number of rotatable bonds is 4. The fourth-order valence-electron chi connectivity index (χ4n) is 2.67. The van der Waals surface area contributed by atoms with Crippen molar-refractivity contribution < 1.29 is 9.66 Å². The summed E-state index contributed by atoms with van der Waals surface area (Å²) in [6.07, 6.45) is 3.16. The van der Waals surface area contributed by atoms with Crippen LogP contribution in [0.2, 0.25) is 0 Å². The molecule has 4 nitrogen and oxygen atoms in total. The number of nitrogens with zero attached hydrogens (tertiary/aromatic N) is 1. The van der Waals surface area contributed by atoms with E-state index in [1.807, 2.05) is 6.07 Å². The van der Waals surface area contributed by atoms with Gasteiger partial charge >= 0.3 is 5.69 Å². The summed E-state index contributed by atoms with van der Waals surface area (Å²) in [5.41, 5.74) is 0.947. The molecule has 5 heteroatoms. The van der Waals surface area contributed by atoms with Crippen LogP contribution in [0.15, 0.2) is 18.2 Å². The van der Waals surface area contributed by atoms with Gasteiger partial charge in [0.05, 0.1) is 11.0 Å². The number of hydrogen-bond donors (Lipinski definition) is 0. The zero-order chi connectivity index (χ0) is 14.7. The second-order valence-electron chi connectivity index (χ2n) is 5.70. The van der Waals surface area contributed by atoms with E-state index in [4.69, 9.17) is 4.74 Å². The summed E-state index contributed by atoms with van der Waals surface area (Å²) >= 11 is 3.31. The van der Waals surface area contributed by atoms with Crippen LogP contribution in [0.3, 0.4) is 0 Å². The molecule has 1 saturated carbocycles. The van der Waals surface area contributed by atoms with Crippen molar-refractivity contribution in [3.8, 4) is 5.75 Å². The van der Waals surface area contributed by atoms with Gasteiger partial charge in [-0.25, -0.2) is 0 Å². The first-order valence-electron chi connectivity index (χ1n) is 7.01. The van der Waals surface area contributed by atoms with Gasteiger partial charge in [0.2, 0.25) is 0 Å². The molecule has 0 heterocycles. The maximum absolute atomic E-state index is 11.2. The van der Waals surface area contributed by atoms with Crippen LogP contribution in [-0.4, -0.2) is 11.0 Å². The molecule has 1 aromatic carbocycles. The van der Waals surface area contributed by atoms with Gasteiger partial charge in [-0.2, -0.15) is 0 Å². The van der Waals surface area contributed by atoms with E-state index in [1.165, 1.54) is 0 Å². The molecule has 110 valence electrons. The molecule has 1 aliphatic carbocycles. The molecule has 1 aromatic rings. The van der Waals surface area contributed by atoms with E-state index in [2.05, 4.69) is 29.8 Å².